The molecule has 1 aromatic carbocycles. The van der Waals surface area contributed by atoms with Crippen LogP contribution in [0, 0.1) is 0 Å². The van der Waals surface area contributed by atoms with E-state index in [1.807, 2.05) is 0 Å². The highest BCUT2D eigenvalue weighted by atomic mass is 79.9. The Morgan fingerprint density at radius 2 is 1.92 bits per heavy atom. The van der Waals surface area contributed by atoms with Crippen molar-refractivity contribution in [2.75, 3.05) is 20.2 Å². The molecule has 4 nitrogen and oxygen atoms in total. The number of methoxy groups -OCH3 is 1. The molecule has 0 unspecified atom stereocenters. The smallest absolute Gasteiger partial charge is 0.416 e. The van der Waals surface area contributed by atoms with Crippen LogP contribution in [0.25, 0.3) is 0 Å². The van der Waals surface area contributed by atoms with Crippen LogP contribution in [0.1, 0.15) is 48.0 Å². The lowest BCUT2D eigenvalue weighted by Crippen LogP contribution is -2.47. The topological polar surface area (TPSA) is 41.6 Å². The largest absolute Gasteiger partial charge is 0.496 e. The van der Waals surface area contributed by atoms with Gasteiger partial charge in [0.05, 0.1) is 18.2 Å². The molecular formula is C18H22BrF3N2O2. The molecule has 1 amide bonds. The van der Waals surface area contributed by atoms with Crippen molar-refractivity contribution in [2.24, 2.45) is 0 Å². The number of amides is 1. The van der Waals surface area contributed by atoms with E-state index in [9.17, 15) is 18.0 Å². The summed E-state index contributed by atoms with van der Waals surface area (Å²) in [6.07, 6.45) is 0.809. The monoisotopic (exact) mass is 434 g/mol. The van der Waals surface area contributed by atoms with Crippen molar-refractivity contribution in [1.82, 2.24) is 10.2 Å². The number of hydrogen-bond acceptors (Lipinski definition) is 3. The highest BCUT2D eigenvalue weighted by Gasteiger charge is 2.36. The van der Waals surface area contributed by atoms with E-state index in [1.165, 1.54) is 20.0 Å². The first kappa shape index (κ1) is 19.5. The van der Waals surface area contributed by atoms with Gasteiger partial charge in [-0.1, -0.05) is 0 Å². The fraction of sp³-hybridized carbons (Fsp3) is 0.611. The minimum atomic E-state index is -4.50. The van der Waals surface area contributed by atoms with Crippen molar-refractivity contribution in [2.45, 2.75) is 50.4 Å². The first-order chi connectivity index (χ1) is 12.3. The quantitative estimate of drug-likeness (QED) is 0.770. The molecule has 1 aromatic rings. The predicted molar refractivity (Wildman–Crippen MR) is 95.4 cm³/mol. The molecule has 1 saturated carbocycles. The minimum absolute atomic E-state index is 0.0134. The van der Waals surface area contributed by atoms with Crippen LogP contribution in [-0.2, 0) is 6.18 Å². The lowest BCUT2D eigenvalue weighted by molar-refractivity contribution is -0.137. The molecule has 3 rings (SSSR count). The van der Waals surface area contributed by atoms with Crippen LogP contribution in [0.4, 0.5) is 13.2 Å². The summed E-state index contributed by atoms with van der Waals surface area (Å²) in [7, 11) is 1.27. The molecule has 0 spiro atoms. The maximum atomic E-state index is 13.0. The number of benzene rings is 1. The highest BCUT2D eigenvalue weighted by Crippen LogP contribution is 2.37. The Balaban J connectivity index is 1.81. The summed E-state index contributed by atoms with van der Waals surface area (Å²) in [4.78, 5) is 15.2. The van der Waals surface area contributed by atoms with E-state index in [-0.39, 0.29) is 21.8 Å². The second-order valence-corrected chi connectivity index (χ2v) is 7.71. The van der Waals surface area contributed by atoms with Crippen molar-refractivity contribution in [1.29, 1.82) is 0 Å². The Hall–Kier alpha value is -1.28. The van der Waals surface area contributed by atoms with Crippen molar-refractivity contribution in [3.8, 4) is 5.75 Å². The second-order valence-electron chi connectivity index (χ2n) is 6.85. The van der Waals surface area contributed by atoms with Crippen molar-refractivity contribution < 1.29 is 22.7 Å². The number of carbonyl (C=O) groups is 1. The molecule has 2 aliphatic rings. The van der Waals surface area contributed by atoms with Crippen LogP contribution in [-0.4, -0.2) is 43.1 Å². The van der Waals surface area contributed by atoms with Gasteiger partial charge in [0.2, 0.25) is 0 Å². The van der Waals surface area contributed by atoms with Crippen LogP contribution in [0.3, 0.4) is 0 Å². The first-order valence-electron chi connectivity index (χ1n) is 8.81. The summed E-state index contributed by atoms with van der Waals surface area (Å²) in [5.41, 5.74) is -0.749. The van der Waals surface area contributed by atoms with Gasteiger partial charge < -0.3 is 10.1 Å². The van der Waals surface area contributed by atoms with E-state index in [2.05, 4.69) is 26.1 Å². The third-order valence-corrected chi connectivity index (χ3v) is 5.86. The number of nitrogens with zero attached hydrogens (tertiary/aromatic N) is 1. The highest BCUT2D eigenvalue weighted by molar-refractivity contribution is 9.10. The Morgan fingerprint density at radius 1 is 1.23 bits per heavy atom. The Morgan fingerprint density at radius 3 is 2.54 bits per heavy atom. The Labute approximate surface area is 159 Å². The zero-order valence-electron chi connectivity index (χ0n) is 14.5. The molecule has 0 bridgehead atoms. The van der Waals surface area contributed by atoms with Crippen molar-refractivity contribution in [3.63, 3.8) is 0 Å². The molecule has 2 fully saturated rings. The maximum absolute atomic E-state index is 13.0. The summed E-state index contributed by atoms with van der Waals surface area (Å²) >= 11 is 3.11. The molecule has 1 aliphatic carbocycles. The summed E-state index contributed by atoms with van der Waals surface area (Å²) in [5, 5.41) is 3.02. The van der Waals surface area contributed by atoms with E-state index in [1.54, 1.807) is 0 Å². The Bertz CT molecular complexity index is 675. The standard InChI is InChI=1S/C18H22BrF3N2O2/c1-26-15-10-11(18(20,21)22)9-12(19)16(15)17(25)23-13-5-4-6-14(13)24-7-2-3-8-24/h9-10,13-14H,2-8H2,1H3,(H,23,25)/t13-,14+/m0/s1. The summed E-state index contributed by atoms with van der Waals surface area (Å²) < 4.78 is 44.1. The van der Waals surface area contributed by atoms with Crippen molar-refractivity contribution >= 4 is 21.8 Å². The van der Waals surface area contributed by atoms with Crippen LogP contribution in [0.15, 0.2) is 16.6 Å². The first-order valence-corrected chi connectivity index (χ1v) is 9.60. The summed E-state index contributed by atoms with van der Waals surface area (Å²) in [6.45, 7) is 2.09. The normalized spacial score (nSPS) is 24.0. The van der Waals surface area contributed by atoms with Crippen LogP contribution < -0.4 is 10.1 Å². The molecule has 26 heavy (non-hydrogen) atoms. The van der Waals surface area contributed by atoms with Crippen molar-refractivity contribution in [3.05, 3.63) is 27.7 Å². The number of halogens is 4. The van der Waals surface area contributed by atoms with Gasteiger partial charge in [0.25, 0.3) is 5.91 Å². The molecule has 1 N–H and O–H groups in total. The molecule has 0 radical (unpaired) electrons. The molecule has 1 saturated heterocycles. The minimum Gasteiger partial charge on any atom is -0.496 e. The number of rotatable bonds is 4. The van der Waals surface area contributed by atoms with E-state index in [4.69, 9.17) is 4.74 Å². The van der Waals surface area contributed by atoms with Gasteiger partial charge in [-0.2, -0.15) is 13.2 Å². The fourth-order valence-corrected chi connectivity index (χ4v) is 4.61. The lowest BCUT2D eigenvalue weighted by atomic mass is 10.1. The zero-order chi connectivity index (χ0) is 18.9. The fourth-order valence-electron chi connectivity index (χ4n) is 3.99. The molecule has 144 valence electrons. The third-order valence-electron chi connectivity index (χ3n) is 5.23. The van der Waals surface area contributed by atoms with Gasteiger partial charge in [-0.3, -0.25) is 9.69 Å². The lowest BCUT2D eigenvalue weighted by Gasteiger charge is -2.30. The van der Waals surface area contributed by atoms with Crippen LogP contribution >= 0.6 is 15.9 Å². The average molecular weight is 435 g/mol. The SMILES string of the molecule is COc1cc(C(F)(F)F)cc(Br)c1C(=O)N[C@H]1CCC[C@H]1N1CCCC1. The van der Waals surface area contributed by atoms with Gasteiger partial charge >= 0.3 is 6.18 Å². The van der Waals surface area contributed by atoms with E-state index < -0.39 is 17.6 Å². The number of hydrogen-bond donors (Lipinski definition) is 1. The summed E-state index contributed by atoms with van der Waals surface area (Å²) in [6, 6.07) is 2.11. The van der Waals surface area contributed by atoms with E-state index >= 15 is 0 Å². The van der Waals surface area contributed by atoms with Gasteiger partial charge in [-0.15, -0.1) is 0 Å². The number of likely N-dealkylation sites (tertiary alicyclic amines) is 1. The van der Waals surface area contributed by atoms with Crippen LogP contribution in [0.5, 0.6) is 5.75 Å². The van der Waals surface area contributed by atoms with Gasteiger partial charge in [0.1, 0.15) is 5.75 Å². The zero-order valence-corrected chi connectivity index (χ0v) is 16.1. The number of nitrogens with one attached hydrogen (secondary N) is 1. The average Bonchev–Trinajstić information content (AvgIpc) is 3.23. The molecule has 0 aromatic heterocycles. The Kier molecular flexibility index (Phi) is 5.81. The van der Waals surface area contributed by atoms with Gasteiger partial charge in [-0.25, -0.2) is 0 Å². The molecule has 1 heterocycles. The molecule has 2 atom stereocenters. The maximum Gasteiger partial charge on any atom is 0.416 e. The number of carbonyl (C=O) groups excluding carboxylic acids is 1. The second kappa shape index (κ2) is 7.76. The van der Waals surface area contributed by atoms with Crippen LogP contribution in [0.2, 0.25) is 0 Å². The van der Waals surface area contributed by atoms with Gasteiger partial charge in [0, 0.05) is 16.6 Å². The molecular weight excluding hydrogens is 413 g/mol. The molecule has 8 heteroatoms. The number of ether oxygens (including phenoxy) is 1. The van der Waals surface area contributed by atoms with E-state index in [0.29, 0.717) is 6.04 Å². The third kappa shape index (κ3) is 4.01. The molecule has 1 aliphatic heterocycles. The van der Waals surface area contributed by atoms with E-state index in [0.717, 1.165) is 44.5 Å². The van der Waals surface area contributed by atoms with Gasteiger partial charge in [-0.05, 0) is 73.3 Å². The predicted octanol–water partition coefficient (Wildman–Crippen LogP) is 4.22. The summed E-state index contributed by atoms with van der Waals surface area (Å²) in [5.74, 6) is -0.488. The van der Waals surface area contributed by atoms with Gasteiger partial charge in [0.15, 0.2) is 0 Å². The number of alkyl halides is 3.